The molecule has 1 saturated carbocycles. The molecule has 0 aliphatic heterocycles. The van der Waals surface area contributed by atoms with Gasteiger partial charge < -0.3 is 10.2 Å². The maximum absolute atomic E-state index is 9.20. The largest absolute Gasteiger partial charge is 0.395 e. The maximum Gasteiger partial charge on any atom is 0.0672 e. The van der Waals surface area contributed by atoms with Gasteiger partial charge >= 0.3 is 0 Å². The number of rotatable bonds is 6. The van der Waals surface area contributed by atoms with Gasteiger partial charge in [-0.25, -0.2) is 0 Å². The summed E-state index contributed by atoms with van der Waals surface area (Å²) in [6, 6.07) is 2.60. The molecule has 1 aliphatic carbocycles. The van der Waals surface area contributed by atoms with Crippen LogP contribution in [0.2, 0.25) is 0 Å². The Morgan fingerprint density at radius 3 is 2.35 bits per heavy atom. The molecule has 0 aromatic rings. The summed E-state index contributed by atoms with van der Waals surface area (Å²) < 4.78 is 0. The first-order valence-electron chi connectivity index (χ1n) is 6.62. The molecular weight excluding hydrogens is 216 g/mol. The molecule has 0 amide bonds. The number of hydrogen-bond donors (Lipinski definition) is 2. The zero-order valence-electron chi connectivity index (χ0n) is 10.7. The molecule has 0 aromatic carbocycles. The van der Waals surface area contributed by atoms with Crippen molar-refractivity contribution in [1.82, 2.24) is 4.90 Å². The van der Waals surface area contributed by atoms with E-state index in [2.05, 4.69) is 17.9 Å². The molecule has 3 unspecified atom stereocenters. The van der Waals surface area contributed by atoms with Crippen molar-refractivity contribution in [1.29, 1.82) is 5.26 Å². The number of hydrogen-bond acceptors (Lipinski definition) is 4. The van der Waals surface area contributed by atoms with Crippen molar-refractivity contribution >= 4 is 0 Å². The van der Waals surface area contributed by atoms with Crippen LogP contribution >= 0.6 is 0 Å². The van der Waals surface area contributed by atoms with Crippen molar-refractivity contribution in [3.05, 3.63) is 0 Å². The Morgan fingerprint density at radius 1 is 1.24 bits per heavy atom. The lowest BCUT2D eigenvalue weighted by Crippen LogP contribution is -2.46. The maximum atomic E-state index is 9.20. The zero-order valence-corrected chi connectivity index (χ0v) is 10.7. The lowest BCUT2D eigenvalue weighted by molar-refractivity contribution is 0.0658. The van der Waals surface area contributed by atoms with E-state index in [0.717, 1.165) is 25.7 Å². The van der Waals surface area contributed by atoms with Crippen molar-refractivity contribution in [2.75, 3.05) is 26.3 Å². The van der Waals surface area contributed by atoms with Crippen LogP contribution in [0.15, 0.2) is 0 Å². The molecule has 1 fully saturated rings. The fourth-order valence-electron chi connectivity index (χ4n) is 2.86. The van der Waals surface area contributed by atoms with Gasteiger partial charge in [0.25, 0.3) is 0 Å². The van der Waals surface area contributed by atoms with Gasteiger partial charge in [-0.15, -0.1) is 0 Å². The van der Waals surface area contributed by atoms with Crippen molar-refractivity contribution in [2.45, 2.75) is 38.6 Å². The molecule has 98 valence electrons. The molecule has 4 heteroatoms. The highest BCUT2D eigenvalue weighted by Crippen LogP contribution is 2.33. The van der Waals surface area contributed by atoms with Crippen molar-refractivity contribution in [3.63, 3.8) is 0 Å². The van der Waals surface area contributed by atoms with E-state index in [0.29, 0.717) is 19.0 Å². The Kier molecular flexibility index (Phi) is 6.49. The van der Waals surface area contributed by atoms with Gasteiger partial charge in [0, 0.05) is 19.1 Å². The Hall–Kier alpha value is -0.630. The first-order valence-corrected chi connectivity index (χ1v) is 6.62. The normalized spacial score (nSPS) is 29.2. The van der Waals surface area contributed by atoms with Gasteiger partial charge in [-0.05, 0) is 25.2 Å². The molecule has 0 spiro atoms. The first kappa shape index (κ1) is 14.4. The highest BCUT2D eigenvalue weighted by molar-refractivity contribution is 4.97. The van der Waals surface area contributed by atoms with Gasteiger partial charge in [0.05, 0.1) is 25.2 Å². The summed E-state index contributed by atoms with van der Waals surface area (Å²) in [5.41, 5.74) is 0. The molecule has 1 rings (SSSR count). The molecule has 17 heavy (non-hydrogen) atoms. The predicted molar refractivity (Wildman–Crippen MR) is 66.3 cm³/mol. The second-order valence-electron chi connectivity index (χ2n) is 4.87. The molecule has 0 bridgehead atoms. The molecule has 2 N–H and O–H groups in total. The highest BCUT2D eigenvalue weighted by Gasteiger charge is 2.33. The van der Waals surface area contributed by atoms with E-state index in [1.165, 1.54) is 0 Å². The number of aliphatic hydroxyl groups is 2. The summed E-state index contributed by atoms with van der Waals surface area (Å²) in [6.45, 7) is 3.48. The fourth-order valence-corrected chi connectivity index (χ4v) is 2.86. The molecular formula is C13H24N2O2. The van der Waals surface area contributed by atoms with Gasteiger partial charge in [-0.3, -0.25) is 4.90 Å². The van der Waals surface area contributed by atoms with Crippen LogP contribution in [-0.2, 0) is 0 Å². The van der Waals surface area contributed by atoms with E-state index in [4.69, 9.17) is 10.2 Å². The van der Waals surface area contributed by atoms with Crippen LogP contribution in [0.25, 0.3) is 0 Å². The van der Waals surface area contributed by atoms with E-state index in [-0.39, 0.29) is 25.2 Å². The molecule has 0 saturated heterocycles. The van der Waals surface area contributed by atoms with Crippen molar-refractivity contribution in [2.24, 2.45) is 11.8 Å². The summed E-state index contributed by atoms with van der Waals surface area (Å²) in [5.74, 6) is 0.736. The minimum absolute atomic E-state index is 0.0518. The van der Waals surface area contributed by atoms with Crippen LogP contribution in [-0.4, -0.2) is 47.5 Å². The van der Waals surface area contributed by atoms with Crippen LogP contribution in [0, 0.1) is 23.2 Å². The fraction of sp³-hybridized carbons (Fsp3) is 0.923. The Morgan fingerprint density at radius 2 is 1.88 bits per heavy atom. The second kappa shape index (κ2) is 7.65. The van der Waals surface area contributed by atoms with Crippen LogP contribution < -0.4 is 0 Å². The van der Waals surface area contributed by atoms with Gasteiger partial charge in [-0.1, -0.05) is 13.3 Å². The van der Waals surface area contributed by atoms with E-state index >= 15 is 0 Å². The third kappa shape index (κ3) is 3.95. The van der Waals surface area contributed by atoms with E-state index in [1.54, 1.807) is 0 Å². The average Bonchev–Trinajstić information content (AvgIpc) is 2.37. The van der Waals surface area contributed by atoms with Crippen LogP contribution in [0.5, 0.6) is 0 Å². The smallest absolute Gasteiger partial charge is 0.0672 e. The summed E-state index contributed by atoms with van der Waals surface area (Å²) in [7, 11) is 0. The zero-order chi connectivity index (χ0) is 12.7. The van der Waals surface area contributed by atoms with Crippen LogP contribution in [0.1, 0.15) is 32.6 Å². The molecule has 4 nitrogen and oxygen atoms in total. The van der Waals surface area contributed by atoms with E-state index < -0.39 is 0 Å². The second-order valence-corrected chi connectivity index (χ2v) is 4.87. The summed E-state index contributed by atoms with van der Waals surface area (Å²) in [5, 5.41) is 27.3. The summed E-state index contributed by atoms with van der Waals surface area (Å²) in [6.07, 6.45) is 4.26. The number of nitriles is 1. The summed E-state index contributed by atoms with van der Waals surface area (Å²) >= 11 is 0. The number of aliphatic hydroxyl groups excluding tert-OH is 2. The van der Waals surface area contributed by atoms with Gasteiger partial charge in [0.15, 0.2) is 0 Å². The van der Waals surface area contributed by atoms with Crippen LogP contribution in [0.3, 0.4) is 0 Å². The molecule has 1 aliphatic rings. The van der Waals surface area contributed by atoms with Crippen molar-refractivity contribution in [3.8, 4) is 6.07 Å². The lowest BCUT2D eigenvalue weighted by atomic mass is 9.77. The molecule has 0 radical (unpaired) electrons. The van der Waals surface area contributed by atoms with Gasteiger partial charge in [0.2, 0.25) is 0 Å². The standard InChI is InChI=1S/C13H24N2O2/c1-2-11-3-4-12(10-14)13(9-11)15(5-7-16)6-8-17/h11-13,16-17H,2-9H2,1H3. The minimum Gasteiger partial charge on any atom is -0.395 e. The molecule has 0 heterocycles. The third-order valence-electron chi connectivity index (χ3n) is 3.91. The SMILES string of the molecule is CCC1CCC(C#N)C(N(CCO)CCO)C1. The quantitative estimate of drug-likeness (QED) is 0.726. The van der Waals surface area contributed by atoms with Crippen molar-refractivity contribution < 1.29 is 10.2 Å². The summed E-state index contributed by atoms with van der Waals surface area (Å²) in [4.78, 5) is 2.08. The Labute approximate surface area is 104 Å². The van der Waals surface area contributed by atoms with E-state index in [9.17, 15) is 5.26 Å². The van der Waals surface area contributed by atoms with Crippen LogP contribution in [0.4, 0.5) is 0 Å². The highest BCUT2D eigenvalue weighted by atomic mass is 16.3. The monoisotopic (exact) mass is 240 g/mol. The van der Waals surface area contributed by atoms with Gasteiger partial charge in [0.1, 0.15) is 0 Å². The topological polar surface area (TPSA) is 67.5 Å². The Bertz CT molecular complexity index is 246. The molecule has 3 atom stereocenters. The Balaban J connectivity index is 2.68. The third-order valence-corrected chi connectivity index (χ3v) is 3.91. The van der Waals surface area contributed by atoms with E-state index in [1.807, 2.05) is 0 Å². The average molecular weight is 240 g/mol. The van der Waals surface area contributed by atoms with Gasteiger partial charge in [-0.2, -0.15) is 5.26 Å². The lowest BCUT2D eigenvalue weighted by Gasteiger charge is -2.39. The number of nitrogens with zero attached hydrogens (tertiary/aromatic N) is 2. The first-order chi connectivity index (χ1) is 8.26. The molecule has 0 aromatic heterocycles. The predicted octanol–water partition coefficient (Wildman–Crippen LogP) is 0.991. The minimum atomic E-state index is 0.0518.